The van der Waals surface area contributed by atoms with Crippen LogP contribution in [-0.4, -0.2) is 37.0 Å². The number of aryl methyl sites for hydroxylation is 1. The van der Waals surface area contributed by atoms with Gasteiger partial charge in [-0.15, -0.1) is 0 Å². The molecule has 0 aliphatic carbocycles. The number of hydrogen-bond acceptors (Lipinski definition) is 2. The molecule has 0 bridgehead atoms. The Morgan fingerprint density at radius 1 is 1.37 bits per heavy atom. The highest BCUT2D eigenvalue weighted by atomic mass is 19.1. The summed E-state index contributed by atoms with van der Waals surface area (Å²) in [5.74, 6) is -0.0279. The highest BCUT2D eigenvalue weighted by molar-refractivity contribution is 5.78. The van der Waals surface area contributed by atoms with Gasteiger partial charge in [0, 0.05) is 32.1 Å². The Morgan fingerprint density at radius 2 is 2.05 bits per heavy atom. The Morgan fingerprint density at radius 3 is 2.74 bits per heavy atom. The molecule has 0 aromatic heterocycles. The summed E-state index contributed by atoms with van der Waals surface area (Å²) < 4.78 is 13.5. The smallest absolute Gasteiger partial charge is 0.225 e. The number of carbonyl (C=O) groups excluding carboxylic acids is 1. The molecule has 1 atom stereocenters. The summed E-state index contributed by atoms with van der Waals surface area (Å²) in [4.78, 5) is 14.1. The number of rotatable bonds is 4. The molecule has 3 nitrogen and oxygen atoms in total. The minimum atomic E-state index is -0.177. The molecule has 0 saturated carbocycles. The van der Waals surface area contributed by atoms with E-state index in [0.29, 0.717) is 18.4 Å². The van der Waals surface area contributed by atoms with E-state index in [1.807, 2.05) is 17.9 Å². The maximum atomic E-state index is 13.5. The largest absolute Gasteiger partial charge is 0.340 e. The molecule has 0 radical (unpaired) electrons. The molecule has 1 amide bonds. The quantitative estimate of drug-likeness (QED) is 0.900. The van der Waals surface area contributed by atoms with Gasteiger partial charge in [-0.05, 0) is 24.5 Å². The van der Waals surface area contributed by atoms with Crippen molar-refractivity contribution >= 4 is 5.91 Å². The number of piperazine rings is 1. The van der Waals surface area contributed by atoms with Gasteiger partial charge in [-0.1, -0.05) is 25.1 Å². The van der Waals surface area contributed by atoms with E-state index < -0.39 is 0 Å². The number of hydrogen-bond donors (Lipinski definition) is 1. The molecule has 4 heteroatoms. The van der Waals surface area contributed by atoms with Gasteiger partial charge in [-0.25, -0.2) is 4.39 Å². The predicted octanol–water partition coefficient (Wildman–Crippen LogP) is 1.83. The number of nitrogens with zero attached hydrogens (tertiary/aromatic N) is 1. The number of amides is 1. The molecular weight excluding hydrogens is 243 g/mol. The van der Waals surface area contributed by atoms with Crippen molar-refractivity contribution in [1.29, 1.82) is 0 Å². The third kappa shape index (κ3) is 3.77. The van der Waals surface area contributed by atoms with Crippen molar-refractivity contribution in [2.24, 2.45) is 5.92 Å². The summed E-state index contributed by atoms with van der Waals surface area (Å²) in [6.45, 7) is 5.23. The lowest BCUT2D eigenvalue weighted by atomic mass is 9.99. The van der Waals surface area contributed by atoms with Gasteiger partial charge in [0.1, 0.15) is 5.82 Å². The summed E-state index contributed by atoms with van der Waals surface area (Å²) in [5.41, 5.74) is 0.697. The second-order valence-corrected chi connectivity index (χ2v) is 5.11. The van der Waals surface area contributed by atoms with Gasteiger partial charge in [-0.3, -0.25) is 4.79 Å². The zero-order chi connectivity index (χ0) is 13.7. The highest BCUT2D eigenvalue weighted by Gasteiger charge is 2.21. The summed E-state index contributed by atoms with van der Waals surface area (Å²) in [5, 5.41) is 3.23. The minimum Gasteiger partial charge on any atom is -0.340 e. The van der Waals surface area contributed by atoms with Crippen molar-refractivity contribution in [3.8, 4) is 0 Å². The Labute approximate surface area is 113 Å². The van der Waals surface area contributed by atoms with E-state index in [1.54, 1.807) is 12.1 Å². The topological polar surface area (TPSA) is 32.3 Å². The molecule has 1 fully saturated rings. The fraction of sp³-hybridized carbons (Fsp3) is 0.533. The van der Waals surface area contributed by atoms with E-state index in [4.69, 9.17) is 0 Å². The Hall–Kier alpha value is -1.42. The van der Waals surface area contributed by atoms with Crippen LogP contribution in [0.1, 0.15) is 18.9 Å². The second-order valence-electron chi connectivity index (χ2n) is 5.11. The monoisotopic (exact) mass is 264 g/mol. The summed E-state index contributed by atoms with van der Waals surface area (Å²) in [6, 6.07) is 6.78. The van der Waals surface area contributed by atoms with Crippen LogP contribution < -0.4 is 5.32 Å². The van der Waals surface area contributed by atoms with Crippen LogP contribution in [0.15, 0.2) is 24.3 Å². The second kappa shape index (κ2) is 6.66. The van der Waals surface area contributed by atoms with E-state index >= 15 is 0 Å². The van der Waals surface area contributed by atoms with Crippen LogP contribution >= 0.6 is 0 Å². The lowest BCUT2D eigenvalue weighted by molar-refractivity contribution is -0.135. The van der Waals surface area contributed by atoms with E-state index in [-0.39, 0.29) is 17.6 Å². The highest BCUT2D eigenvalue weighted by Crippen LogP contribution is 2.15. The standard InChI is InChI=1S/C15H21FN2O/c1-12(15(19)18-10-8-17-9-11-18)6-7-13-4-2-3-5-14(13)16/h2-5,12,17H,6-11H2,1H3. The molecule has 2 rings (SSSR count). The van der Waals surface area contributed by atoms with Crippen LogP contribution in [0.3, 0.4) is 0 Å². The molecule has 1 aromatic carbocycles. The van der Waals surface area contributed by atoms with Crippen molar-refractivity contribution in [2.45, 2.75) is 19.8 Å². The fourth-order valence-electron chi connectivity index (χ4n) is 2.39. The van der Waals surface area contributed by atoms with Crippen LogP contribution in [0, 0.1) is 11.7 Å². The molecule has 1 aliphatic heterocycles. The molecule has 1 aliphatic rings. The summed E-state index contributed by atoms with van der Waals surface area (Å²) >= 11 is 0. The fourth-order valence-corrected chi connectivity index (χ4v) is 2.39. The zero-order valence-electron chi connectivity index (χ0n) is 11.4. The summed E-state index contributed by atoms with van der Waals surface area (Å²) in [6.07, 6.45) is 1.31. The van der Waals surface area contributed by atoms with Gasteiger partial charge in [0.05, 0.1) is 0 Å². The number of carbonyl (C=O) groups is 1. The van der Waals surface area contributed by atoms with Crippen LogP contribution in [-0.2, 0) is 11.2 Å². The van der Waals surface area contributed by atoms with Crippen molar-refractivity contribution in [1.82, 2.24) is 10.2 Å². The number of nitrogens with one attached hydrogen (secondary N) is 1. The minimum absolute atomic E-state index is 0.0438. The third-order valence-corrected chi connectivity index (χ3v) is 3.65. The average Bonchev–Trinajstić information content (AvgIpc) is 2.46. The predicted molar refractivity (Wildman–Crippen MR) is 73.3 cm³/mol. The van der Waals surface area contributed by atoms with Gasteiger partial charge in [-0.2, -0.15) is 0 Å². The molecule has 0 spiro atoms. The molecule has 19 heavy (non-hydrogen) atoms. The van der Waals surface area contributed by atoms with Crippen LogP contribution in [0.4, 0.5) is 4.39 Å². The SMILES string of the molecule is CC(CCc1ccccc1F)C(=O)N1CCNCC1. The molecular formula is C15H21FN2O. The zero-order valence-corrected chi connectivity index (χ0v) is 11.4. The Balaban J connectivity index is 1.85. The van der Waals surface area contributed by atoms with Crippen molar-refractivity contribution < 1.29 is 9.18 Å². The first kappa shape index (κ1) is 14.0. The Kier molecular flexibility index (Phi) is 4.91. The number of benzene rings is 1. The average molecular weight is 264 g/mol. The molecule has 1 unspecified atom stereocenters. The van der Waals surface area contributed by atoms with E-state index in [1.165, 1.54) is 6.07 Å². The van der Waals surface area contributed by atoms with E-state index in [2.05, 4.69) is 5.32 Å². The summed E-state index contributed by atoms with van der Waals surface area (Å²) in [7, 11) is 0. The van der Waals surface area contributed by atoms with Crippen LogP contribution in [0.25, 0.3) is 0 Å². The van der Waals surface area contributed by atoms with E-state index in [0.717, 1.165) is 26.2 Å². The first-order valence-electron chi connectivity index (χ1n) is 6.91. The third-order valence-electron chi connectivity index (χ3n) is 3.65. The molecule has 1 aromatic rings. The number of halogens is 1. The van der Waals surface area contributed by atoms with Gasteiger partial charge >= 0.3 is 0 Å². The lowest BCUT2D eigenvalue weighted by Crippen LogP contribution is -2.48. The van der Waals surface area contributed by atoms with Gasteiger partial charge in [0.25, 0.3) is 0 Å². The Bertz CT molecular complexity index is 430. The first-order valence-corrected chi connectivity index (χ1v) is 6.91. The van der Waals surface area contributed by atoms with Crippen molar-refractivity contribution in [3.05, 3.63) is 35.6 Å². The van der Waals surface area contributed by atoms with Crippen molar-refractivity contribution in [2.75, 3.05) is 26.2 Å². The van der Waals surface area contributed by atoms with Crippen LogP contribution in [0.5, 0.6) is 0 Å². The molecule has 1 saturated heterocycles. The lowest BCUT2D eigenvalue weighted by Gasteiger charge is -2.29. The van der Waals surface area contributed by atoms with Gasteiger partial charge < -0.3 is 10.2 Å². The van der Waals surface area contributed by atoms with Gasteiger partial charge in [0.15, 0.2) is 0 Å². The van der Waals surface area contributed by atoms with Crippen LogP contribution in [0.2, 0.25) is 0 Å². The molecule has 1 heterocycles. The van der Waals surface area contributed by atoms with E-state index in [9.17, 15) is 9.18 Å². The molecule has 104 valence electrons. The maximum Gasteiger partial charge on any atom is 0.225 e. The molecule has 1 N–H and O–H groups in total. The van der Waals surface area contributed by atoms with Gasteiger partial charge in [0.2, 0.25) is 5.91 Å². The van der Waals surface area contributed by atoms with Crippen molar-refractivity contribution in [3.63, 3.8) is 0 Å². The normalized spacial score (nSPS) is 17.3. The first-order chi connectivity index (χ1) is 9.18. The maximum absolute atomic E-state index is 13.5.